The molecule has 0 spiro atoms. The largest absolute Gasteiger partial charge is 0.206 e. The fraction of sp³-hybridized carbons (Fsp3) is 0. The highest BCUT2D eigenvalue weighted by atomic mass is 19.2. The van der Waals surface area contributed by atoms with Crippen molar-refractivity contribution in [1.29, 1.82) is 0 Å². The average molecular weight is 348 g/mol. The quantitative estimate of drug-likeness (QED) is 0.304. The maximum Gasteiger partial charge on any atom is 0.200 e. The lowest BCUT2D eigenvalue weighted by atomic mass is 9.99. The number of benzene rings is 3. The number of hydrogen-bond donors (Lipinski definition) is 0. The first-order chi connectivity index (χ1) is 11.2. The van der Waals surface area contributed by atoms with Gasteiger partial charge in [-0.25, -0.2) is 35.1 Å². The molecule has 0 unspecified atom stereocenters. The predicted octanol–water partition coefficient (Wildman–Crippen LogP) is 5.62. The maximum atomic E-state index is 14.0. The zero-order valence-electron chi connectivity index (χ0n) is 11.3. The van der Waals surface area contributed by atoms with Gasteiger partial charge in [-0.1, -0.05) is 6.07 Å². The van der Waals surface area contributed by atoms with Crippen molar-refractivity contribution in [3.63, 3.8) is 0 Å². The lowest BCUT2D eigenvalue weighted by Crippen LogP contribution is -2.04. The highest BCUT2D eigenvalue weighted by Gasteiger charge is 2.27. The van der Waals surface area contributed by atoms with Gasteiger partial charge in [0.15, 0.2) is 34.9 Å². The van der Waals surface area contributed by atoms with E-state index in [0.29, 0.717) is 12.1 Å². The molecule has 0 fully saturated rings. The van der Waals surface area contributed by atoms with Gasteiger partial charge < -0.3 is 0 Å². The van der Waals surface area contributed by atoms with Gasteiger partial charge in [-0.15, -0.1) is 0 Å². The summed E-state index contributed by atoms with van der Waals surface area (Å²) in [6.45, 7) is 0. The molecule has 8 heteroatoms. The fourth-order valence-electron chi connectivity index (χ4n) is 2.35. The van der Waals surface area contributed by atoms with Crippen LogP contribution in [0, 0.1) is 46.5 Å². The molecule has 0 saturated carbocycles. The van der Waals surface area contributed by atoms with Gasteiger partial charge >= 0.3 is 0 Å². The minimum absolute atomic E-state index is 0.312. The molecule has 3 aromatic rings. The Morgan fingerprint density at radius 1 is 0.500 bits per heavy atom. The molecule has 0 aliphatic carbocycles. The Kier molecular flexibility index (Phi) is 3.70. The molecule has 3 rings (SSSR count). The van der Waals surface area contributed by atoms with Crippen LogP contribution in [-0.4, -0.2) is 0 Å². The van der Waals surface area contributed by atoms with Gasteiger partial charge in [-0.05, 0) is 29.1 Å². The van der Waals surface area contributed by atoms with Gasteiger partial charge in [-0.2, -0.15) is 0 Å². The molecule has 3 aromatic carbocycles. The molecule has 0 nitrogen and oxygen atoms in total. The Morgan fingerprint density at radius 2 is 1.04 bits per heavy atom. The molecular weight excluding hydrogens is 344 g/mol. The second-order valence-electron chi connectivity index (χ2n) is 4.86. The van der Waals surface area contributed by atoms with E-state index in [0.717, 1.165) is 12.1 Å². The summed E-state index contributed by atoms with van der Waals surface area (Å²) >= 11 is 0. The van der Waals surface area contributed by atoms with E-state index in [9.17, 15) is 35.1 Å². The minimum Gasteiger partial charge on any atom is -0.206 e. The van der Waals surface area contributed by atoms with Crippen LogP contribution in [0.25, 0.3) is 21.9 Å². The van der Waals surface area contributed by atoms with Crippen LogP contribution in [0.5, 0.6) is 0 Å². The van der Waals surface area contributed by atoms with E-state index in [-0.39, 0.29) is 5.39 Å². The monoisotopic (exact) mass is 348 g/mol. The summed E-state index contributed by atoms with van der Waals surface area (Å²) in [5.74, 6) is -15.4. The Morgan fingerprint density at radius 3 is 1.62 bits per heavy atom. The summed E-state index contributed by atoms with van der Waals surface area (Å²) in [6.07, 6.45) is 0. The van der Waals surface area contributed by atoms with Crippen LogP contribution < -0.4 is 0 Å². The van der Waals surface area contributed by atoms with E-state index in [1.807, 2.05) is 0 Å². The van der Waals surface area contributed by atoms with Gasteiger partial charge in [0.25, 0.3) is 0 Å². The Bertz CT molecular complexity index is 965. The third kappa shape index (κ3) is 2.21. The van der Waals surface area contributed by atoms with Crippen LogP contribution in [-0.2, 0) is 0 Å². The molecule has 0 aromatic heterocycles. The predicted molar refractivity (Wildman–Crippen MR) is 69.0 cm³/mol. The van der Waals surface area contributed by atoms with E-state index in [1.54, 1.807) is 0 Å². The maximum absolute atomic E-state index is 14.0. The SMILES string of the molecule is Fc1ccc2cc(-c3c(F)c(F)c(F)c(F)c3F)cc(F)c2c1F. The zero-order chi connectivity index (χ0) is 17.8. The molecule has 0 saturated heterocycles. The number of hydrogen-bond acceptors (Lipinski definition) is 0. The van der Waals surface area contributed by atoms with Gasteiger partial charge in [0, 0.05) is 0 Å². The molecule has 0 aliphatic heterocycles. The number of fused-ring (bicyclic) bond motifs is 1. The summed E-state index contributed by atoms with van der Waals surface area (Å²) in [4.78, 5) is 0. The minimum atomic E-state index is -2.36. The molecule has 0 bridgehead atoms. The van der Waals surface area contributed by atoms with Crippen molar-refractivity contribution >= 4 is 10.8 Å². The topological polar surface area (TPSA) is 0 Å². The molecule has 0 heterocycles. The molecule has 0 N–H and O–H groups in total. The van der Waals surface area contributed by atoms with Crippen LogP contribution in [0.4, 0.5) is 35.1 Å². The Balaban J connectivity index is 2.39. The van der Waals surface area contributed by atoms with E-state index >= 15 is 0 Å². The third-order valence-electron chi connectivity index (χ3n) is 3.46. The van der Waals surface area contributed by atoms with Gasteiger partial charge in [0.1, 0.15) is 5.82 Å². The standard InChI is InChI=1S/C16H4F8/c17-7-2-1-5-3-6(4-8(18)9(5)11(7)19)10-12(20)14(22)16(24)15(23)13(10)21/h1-4H. The van der Waals surface area contributed by atoms with Crippen molar-refractivity contribution in [2.75, 3.05) is 0 Å². The van der Waals surface area contributed by atoms with Gasteiger partial charge in [0.05, 0.1) is 10.9 Å². The van der Waals surface area contributed by atoms with Crippen molar-refractivity contribution in [3.05, 3.63) is 70.8 Å². The highest BCUT2D eigenvalue weighted by Crippen LogP contribution is 2.35. The molecule has 0 radical (unpaired) electrons. The van der Waals surface area contributed by atoms with Gasteiger partial charge in [-0.3, -0.25) is 0 Å². The lowest BCUT2D eigenvalue weighted by molar-refractivity contribution is 0.381. The molecule has 0 atom stereocenters. The number of rotatable bonds is 1. The summed E-state index contributed by atoms with van der Waals surface area (Å²) in [5.41, 5.74) is -2.07. The normalized spacial score (nSPS) is 11.3. The van der Waals surface area contributed by atoms with Crippen LogP contribution in [0.3, 0.4) is 0 Å². The first kappa shape index (κ1) is 16.2. The Hall–Kier alpha value is -2.64. The highest BCUT2D eigenvalue weighted by molar-refractivity contribution is 5.88. The van der Waals surface area contributed by atoms with Crippen LogP contribution >= 0.6 is 0 Å². The van der Waals surface area contributed by atoms with Crippen LogP contribution in [0.15, 0.2) is 24.3 Å². The van der Waals surface area contributed by atoms with E-state index in [1.165, 1.54) is 0 Å². The second kappa shape index (κ2) is 5.47. The van der Waals surface area contributed by atoms with Crippen molar-refractivity contribution < 1.29 is 35.1 Å². The van der Waals surface area contributed by atoms with Crippen molar-refractivity contribution in [3.8, 4) is 11.1 Å². The molecule has 24 heavy (non-hydrogen) atoms. The van der Waals surface area contributed by atoms with Crippen molar-refractivity contribution in [2.45, 2.75) is 0 Å². The van der Waals surface area contributed by atoms with E-state index < -0.39 is 63.1 Å². The Labute approximate surface area is 128 Å². The van der Waals surface area contributed by atoms with Gasteiger partial charge in [0.2, 0.25) is 5.82 Å². The summed E-state index contributed by atoms with van der Waals surface area (Å²) < 4.78 is 108. The lowest BCUT2D eigenvalue weighted by Gasteiger charge is -2.10. The smallest absolute Gasteiger partial charge is 0.200 e. The third-order valence-corrected chi connectivity index (χ3v) is 3.46. The molecule has 124 valence electrons. The van der Waals surface area contributed by atoms with Crippen molar-refractivity contribution in [1.82, 2.24) is 0 Å². The van der Waals surface area contributed by atoms with E-state index in [2.05, 4.69) is 0 Å². The van der Waals surface area contributed by atoms with Crippen LogP contribution in [0.2, 0.25) is 0 Å². The summed E-state index contributed by atoms with van der Waals surface area (Å²) in [6, 6.07) is 2.70. The van der Waals surface area contributed by atoms with E-state index in [4.69, 9.17) is 0 Å². The molecular formula is C16H4F8. The molecule has 0 amide bonds. The van der Waals surface area contributed by atoms with Crippen LogP contribution in [0.1, 0.15) is 0 Å². The average Bonchev–Trinajstić information content (AvgIpc) is 2.54. The number of halogens is 8. The first-order valence-electron chi connectivity index (χ1n) is 6.33. The first-order valence-corrected chi connectivity index (χ1v) is 6.33. The van der Waals surface area contributed by atoms with Crippen molar-refractivity contribution in [2.24, 2.45) is 0 Å². The zero-order valence-corrected chi connectivity index (χ0v) is 11.3. The molecule has 0 aliphatic rings. The summed E-state index contributed by atoms with van der Waals surface area (Å²) in [5, 5.41) is -1.12. The second-order valence-corrected chi connectivity index (χ2v) is 4.86. The summed E-state index contributed by atoms with van der Waals surface area (Å²) in [7, 11) is 0. The fourth-order valence-corrected chi connectivity index (χ4v) is 2.35.